The quantitative estimate of drug-likeness (QED) is 0.764. The van der Waals surface area contributed by atoms with Crippen LogP contribution in [-0.2, 0) is 6.42 Å². The lowest BCUT2D eigenvalue weighted by Crippen LogP contribution is -2.33. The summed E-state index contributed by atoms with van der Waals surface area (Å²) in [5, 5.41) is 3.63. The van der Waals surface area contributed by atoms with Crippen LogP contribution in [0.1, 0.15) is 39.2 Å². The van der Waals surface area contributed by atoms with Crippen LogP contribution in [0.15, 0.2) is 24.5 Å². The zero-order chi connectivity index (χ0) is 11.8. The lowest BCUT2D eigenvalue weighted by Gasteiger charge is -2.20. The average molecular weight is 220 g/mol. The number of hydrogen-bond acceptors (Lipinski definition) is 2. The molecule has 0 saturated heterocycles. The van der Waals surface area contributed by atoms with Gasteiger partial charge < -0.3 is 5.32 Å². The Labute approximate surface area is 99.5 Å². The average Bonchev–Trinajstić information content (AvgIpc) is 2.26. The molecule has 1 aromatic rings. The van der Waals surface area contributed by atoms with Gasteiger partial charge in [0.15, 0.2) is 0 Å². The van der Waals surface area contributed by atoms with Gasteiger partial charge in [-0.1, -0.05) is 20.8 Å². The molecule has 1 heterocycles. The van der Waals surface area contributed by atoms with Crippen molar-refractivity contribution in [3.05, 3.63) is 30.1 Å². The molecule has 1 aromatic heterocycles. The Morgan fingerprint density at radius 1 is 1.25 bits per heavy atom. The molecule has 0 amide bonds. The Balaban J connectivity index is 2.49. The minimum absolute atomic E-state index is 0.599. The molecule has 0 aliphatic carbocycles. The first kappa shape index (κ1) is 13.2. The smallest absolute Gasteiger partial charge is 0.0270 e. The molecular weight excluding hydrogens is 196 g/mol. The molecule has 2 nitrogen and oxygen atoms in total. The van der Waals surface area contributed by atoms with E-state index in [0.717, 1.165) is 18.9 Å². The number of rotatable bonds is 7. The van der Waals surface area contributed by atoms with Crippen molar-refractivity contribution >= 4 is 0 Å². The molecule has 1 atom stereocenters. The second kappa shape index (κ2) is 7.39. The largest absolute Gasteiger partial charge is 0.314 e. The molecule has 0 radical (unpaired) electrons. The predicted molar refractivity (Wildman–Crippen MR) is 69.5 cm³/mol. The summed E-state index contributed by atoms with van der Waals surface area (Å²) in [5.74, 6) is 0.746. The summed E-state index contributed by atoms with van der Waals surface area (Å²) >= 11 is 0. The zero-order valence-electron chi connectivity index (χ0n) is 10.7. The predicted octanol–water partition coefficient (Wildman–Crippen LogP) is 3.04. The van der Waals surface area contributed by atoms with Crippen molar-refractivity contribution in [3.63, 3.8) is 0 Å². The fourth-order valence-electron chi connectivity index (χ4n) is 1.96. The first-order chi connectivity index (χ1) is 7.72. The Kier molecular flexibility index (Phi) is 6.09. The highest BCUT2D eigenvalue weighted by molar-refractivity contribution is 5.11. The first-order valence-corrected chi connectivity index (χ1v) is 6.34. The van der Waals surface area contributed by atoms with Crippen LogP contribution in [0.5, 0.6) is 0 Å². The van der Waals surface area contributed by atoms with E-state index in [1.165, 1.54) is 18.4 Å². The molecule has 0 aliphatic rings. The standard InChI is InChI=1S/C14H24N2/c1-4-7-16-14(10-12(2)3)11-13-5-8-15-9-6-13/h5-6,8-9,12,14,16H,4,7,10-11H2,1-3H3. The van der Waals surface area contributed by atoms with Crippen LogP contribution in [0, 0.1) is 5.92 Å². The topological polar surface area (TPSA) is 24.9 Å². The second-order valence-electron chi connectivity index (χ2n) is 4.84. The van der Waals surface area contributed by atoms with E-state index in [4.69, 9.17) is 0 Å². The number of hydrogen-bond donors (Lipinski definition) is 1. The molecule has 0 aromatic carbocycles. The van der Waals surface area contributed by atoms with E-state index in [9.17, 15) is 0 Å². The van der Waals surface area contributed by atoms with Gasteiger partial charge in [0.2, 0.25) is 0 Å². The van der Waals surface area contributed by atoms with E-state index in [0.29, 0.717) is 6.04 Å². The molecule has 0 bridgehead atoms. The molecule has 16 heavy (non-hydrogen) atoms. The third kappa shape index (κ3) is 5.26. The van der Waals surface area contributed by atoms with E-state index < -0.39 is 0 Å². The maximum atomic E-state index is 4.06. The van der Waals surface area contributed by atoms with Gasteiger partial charge in [-0.3, -0.25) is 4.98 Å². The van der Waals surface area contributed by atoms with Gasteiger partial charge >= 0.3 is 0 Å². The van der Waals surface area contributed by atoms with Crippen LogP contribution in [0.2, 0.25) is 0 Å². The SMILES string of the molecule is CCCNC(Cc1ccncc1)CC(C)C. The highest BCUT2D eigenvalue weighted by Gasteiger charge is 2.10. The minimum atomic E-state index is 0.599. The zero-order valence-corrected chi connectivity index (χ0v) is 10.7. The maximum absolute atomic E-state index is 4.06. The highest BCUT2D eigenvalue weighted by atomic mass is 14.9. The number of aromatic nitrogens is 1. The van der Waals surface area contributed by atoms with Crippen LogP contribution in [0.25, 0.3) is 0 Å². The van der Waals surface area contributed by atoms with Crippen LogP contribution in [0.4, 0.5) is 0 Å². The monoisotopic (exact) mass is 220 g/mol. The first-order valence-electron chi connectivity index (χ1n) is 6.34. The molecular formula is C14H24N2. The summed E-state index contributed by atoms with van der Waals surface area (Å²) in [5.41, 5.74) is 1.38. The van der Waals surface area contributed by atoms with Gasteiger partial charge in [-0.2, -0.15) is 0 Å². The van der Waals surface area contributed by atoms with Crippen molar-refractivity contribution < 1.29 is 0 Å². The molecule has 0 aliphatic heterocycles. The van der Waals surface area contributed by atoms with Crippen LogP contribution < -0.4 is 5.32 Å². The van der Waals surface area contributed by atoms with Gasteiger partial charge in [0.1, 0.15) is 0 Å². The Bertz CT molecular complexity index is 269. The van der Waals surface area contributed by atoms with Gasteiger partial charge in [-0.05, 0) is 49.4 Å². The Morgan fingerprint density at radius 2 is 1.94 bits per heavy atom. The molecule has 0 saturated carbocycles. The lowest BCUT2D eigenvalue weighted by molar-refractivity contribution is 0.416. The molecule has 1 unspecified atom stereocenters. The normalized spacial score (nSPS) is 13.0. The van der Waals surface area contributed by atoms with Crippen molar-refractivity contribution in [2.24, 2.45) is 5.92 Å². The van der Waals surface area contributed by atoms with Crippen LogP contribution in [0.3, 0.4) is 0 Å². The van der Waals surface area contributed by atoms with Crippen LogP contribution >= 0.6 is 0 Å². The number of nitrogens with one attached hydrogen (secondary N) is 1. The summed E-state index contributed by atoms with van der Waals surface area (Å²) < 4.78 is 0. The van der Waals surface area contributed by atoms with Gasteiger partial charge in [0.25, 0.3) is 0 Å². The van der Waals surface area contributed by atoms with Crippen molar-refractivity contribution in [1.82, 2.24) is 10.3 Å². The number of pyridine rings is 1. The maximum Gasteiger partial charge on any atom is 0.0270 e. The highest BCUT2D eigenvalue weighted by Crippen LogP contribution is 2.10. The minimum Gasteiger partial charge on any atom is -0.314 e. The molecule has 0 spiro atoms. The van der Waals surface area contributed by atoms with Gasteiger partial charge in [0.05, 0.1) is 0 Å². The number of nitrogens with zero attached hydrogens (tertiary/aromatic N) is 1. The molecule has 2 heteroatoms. The van der Waals surface area contributed by atoms with Crippen LogP contribution in [-0.4, -0.2) is 17.6 Å². The Morgan fingerprint density at radius 3 is 2.50 bits per heavy atom. The van der Waals surface area contributed by atoms with Crippen molar-refractivity contribution in [1.29, 1.82) is 0 Å². The summed E-state index contributed by atoms with van der Waals surface area (Å²) in [6, 6.07) is 4.82. The Hall–Kier alpha value is -0.890. The molecule has 1 rings (SSSR count). The third-order valence-corrected chi connectivity index (χ3v) is 2.67. The van der Waals surface area contributed by atoms with Gasteiger partial charge in [-0.15, -0.1) is 0 Å². The lowest BCUT2D eigenvalue weighted by atomic mass is 9.97. The van der Waals surface area contributed by atoms with E-state index >= 15 is 0 Å². The molecule has 1 N–H and O–H groups in total. The molecule has 90 valence electrons. The fraction of sp³-hybridized carbons (Fsp3) is 0.643. The second-order valence-corrected chi connectivity index (χ2v) is 4.84. The summed E-state index contributed by atoms with van der Waals surface area (Å²) in [6.07, 6.45) is 7.30. The van der Waals surface area contributed by atoms with Crippen molar-refractivity contribution in [2.75, 3.05) is 6.54 Å². The summed E-state index contributed by atoms with van der Waals surface area (Å²) in [6.45, 7) is 7.90. The van der Waals surface area contributed by atoms with Gasteiger partial charge in [-0.25, -0.2) is 0 Å². The van der Waals surface area contributed by atoms with Gasteiger partial charge in [0, 0.05) is 18.4 Å². The summed E-state index contributed by atoms with van der Waals surface area (Å²) in [4.78, 5) is 4.06. The fourth-order valence-corrected chi connectivity index (χ4v) is 1.96. The van der Waals surface area contributed by atoms with E-state index in [1.807, 2.05) is 12.4 Å². The van der Waals surface area contributed by atoms with Crippen molar-refractivity contribution in [2.45, 2.75) is 46.1 Å². The van der Waals surface area contributed by atoms with E-state index in [1.54, 1.807) is 0 Å². The summed E-state index contributed by atoms with van der Waals surface area (Å²) in [7, 11) is 0. The molecule has 0 fully saturated rings. The van der Waals surface area contributed by atoms with Crippen molar-refractivity contribution in [3.8, 4) is 0 Å². The van der Waals surface area contributed by atoms with E-state index in [2.05, 4.69) is 43.2 Å². The van der Waals surface area contributed by atoms with E-state index in [-0.39, 0.29) is 0 Å². The third-order valence-electron chi connectivity index (χ3n) is 2.67.